The number of unbranched alkanes of at least 4 members (excludes halogenated alkanes) is 59. The maximum atomic E-state index is 12.8. The highest BCUT2D eigenvalue weighted by molar-refractivity contribution is 7.47. The van der Waals surface area contributed by atoms with Gasteiger partial charge in [-0.25, -0.2) is 4.57 Å². The van der Waals surface area contributed by atoms with Gasteiger partial charge in [-0.2, -0.15) is 0 Å². The second-order valence-electron chi connectivity index (χ2n) is 29.0. The summed E-state index contributed by atoms with van der Waals surface area (Å²) in [5, 5.41) is 0. The molecule has 0 fully saturated rings. The lowest BCUT2D eigenvalue weighted by atomic mass is 10.0. The Morgan fingerprint density at radius 3 is 0.845 bits per heavy atom. The minimum absolute atomic E-state index is 0.0563. The summed E-state index contributed by atoms with van der Waals surface area (Å²) in [6, 6.07) is 0. The lowest BCUT2D eigenvalue weighted by Gasteiger charge is -2.19. The van der Waals surface area contributed by atoms with Gasteiger partial charge in [0.15, 0.2) is 6.10 Å². The van der Waals surface area contributed by atoms with E-state index in [2.05, 4.69) is 74.6 Å². The first-order valence-corrected chi connectivity index (χ1v) is 44.3. The van der Waals surface area contributed by atoms with Crippen molar-refractivity contribution in [3.05, 3.63) is 60.8 Å². The van der Waals surface area contributed by atoms with Crippen LogP contribution in [0.3, 0.4) is 0 Å². The Hall–Kier alpha value is -2.29. The fourth-order valence-electron chi connectivity index (χ4n) is 13.1. The third-order valence-electron chi connectivity index (χ3n) is 19.4. The standard InChI is InChI=1S/C87H164NO8P/c1-3-5-7-9-11-13-15-17-19-21-23-25-27-29-31-33-35-37-39-40-41-42-43-44-46-48-50-52-54-56-58-60-62-64-66-68-70-72-74-76-78-80-87(90)96-85(84-95-97(91,92)94-82-81-88)83-93-86(89)79-77-75-73-71-69-67-65-63-61-59-57-55-53-51-49-47-45-38-36-34-32-30-28-26-24-22-20-18-16-14-12-10-8-6-4-2/h5,7,11,13,17,19,23,25,29,31,85H,3-4,6,8-10,12,14-16,18,20-22,24,26-28,30,32-84,88H2,1-2H3,(H,91,92)/b7-5-,13-11-,19-17-,25-23-,31-29-. The fourth-order valence-corrected chi connectivity index (χ4v) is 13.9. The van der Waals surface area contributed by atoms with Crippen LogP contribution in [0.5, 0.6) is 0 Å². The van der Waals surface area contributed by atoms with Gasteiger partial charge in [-0.3, -0.25) is 18.6 Å². The predicted molar refractivity (Wildman–Crippen MR) is 423 cm³/mol. The predicted octanol–water partition coefficient (Wildman–Crippen LogP) is 28.9. The van der Waals surface area contributed by atoms with Crippen LogP contribution in [0.2, 0.25) is 0 Å². The monoisotopic (exact) mass is 1380 g/mol. The summed E-state index contributed by atoms with van der Waals surface area (Å²) < 4.78 is 33.3. The van der Waals surface area contributed by atoms with Crippen LogP contribution in [-0.4, -0.2) is 49.3 Å². The fraction of sp³-hybridized carbons (Fsp3) is 0.862. The highest BCUT2D eigenvalue weighted by atomic mass is 31.2. The smallest absolute Gasteiger partial charge is 0.462 e. The Morgan fingerprint density at radius 2 is 0.567 bits per heavy atom. The molecule has 0 aliphatic carbocycles. The number of nitrogens with two attached hydrogens (primary N) is 1. The van der Waals surface area contributed by atoms with E-state index in [1.807, 2.05) is 0 Å². The van der Waals surface area contributed by atoms with Crippen molar-refractivity contribution < 1.29 is 37.6 Å². The normalized spacial score (nSPS) is 13.1. The number of hydrogen-bond donors (Lipinski definition) is 2. The minimum Gasteiger partial charge on any atom is -0.462 e. The van der Waals surface area contributed by atoms with Crippen molar-refractivity contribution in [2.75, 3.05) is 26.4 Å². The van der Waals surface area contributed by atoms with Crippen molar-refractivity contribution in [1.82, 2.24) is 0 Å². The molecule has 0 aromatic heterocycles. The summed E-state index contributed by atoms with van der Waals surface area (Å²) in [6.07, 6.45) is 110. The number of esters is 2. The van der Waals surface area contributed by atoms with Gasteiger partial charge in [-0.15, -0.1) is 0 Å². The zero-order chi connectivity index (χ0) is 70.0. The van der Waals surface area contributed by atoms with Crippen LogP contribution in [0.15, 0.2) is 60.8 Å². The first-order valence-electron chi connectivity index (χ1n) is 42.8. The second-order valence-corrected chi connectivity index (χ2v) is 30.5. The molecule has 0 amide bonds. The maximum absolute atomic E-state index is 12.8. The first kappa shape index (κ1) is 94.7. The molecule has 0 rings (SSSR count). The summed E-state index contributed by atoms with van der Waals surface area (Å²) in [4.78, 5) is 35.5. The van der Waals surface area contributed by atoms with Crippen molar-refractivity contribution in [2.24, 2.45) is 5.73 Å². The molecule has 0 saturated heterocycles. The molecule has 0 radical (unpaired) electrons. The molecule has 10 heteroatoms. The number of ether oxygens (including phenoxy) is 2. The average Bonchev–Trinajstić information content (AvgIpc) is 2.57. The molecule has 570 valence electrons. The Kier molecular flexibility index (Phi) is 80.7. The Balaban J connectivity index is 3.72. The summed E-state index contributed by atoms with van der Waals surface area (Å²) in [7, 11) is -4.40. The van der Waals surface area contributed by atoms with Crippen LogP contribution in [0, 0.1) is 0 Å². The zero-order valence-corrected chi connectivity index (χ0v) is 65.5. The third kappa shape index (κ3) is 82.6. The van der Waals surface area contributed by atoms with Gasteiger partial charge < -0.3 is 20.1 Å². The lowest BCUT2D eigenvalue weighted by Crippen LogP contribution is -2.29. The Morgan fingerprint density at radius 1 is 0.320 bits per heavy atom. The molecule has 2 atom stereocenters. The van der Waals surface area contributed by atoms with Gasteiger partial charge in [-0.1, -0.05) is 441 Å². The molecule has 0 aliphatic heterocycles. The number of carbonyl (C=O) groups is 2. The molecule has 2 unspecified atom stereocenters. The van der Waals surface area contributed by atoms with Gasteiger partial charge in [0.25, 0.3) is 0 Å². The van der Waals surface area contributed by atoms with Crippen LogP contribution in [-0.2, 0) is 32.7 Å². The molecule has 3 N–H and O–H groups in total. The van der Waals surface area contributed by atoms with Crippen molar-refractivity contribution in [3.63, 3.8) is 0 Å². The number of phosphoric acid groups is 1. The number of carbonyl (C=O) groups excluding carboxylic acids is 2. The van der Waals surface area contributed by atoms with Gasteiger partial charge in [-0.05, 0) is 57.8 Å². The van der Waals surface area contributed by atoms with Crippen molar-refractivity contribution >= 4 is 19.8 Å². The summed E-state index contributed by atoms with van der Waals surface area (Å²) in [6.45, 7) is 3.72. The van der Waals surface area contributed by atoms with Gasteiger partial charge in [0, 0.05) is 19.4 Å². The van der Waals surface area contributed by atoms with Crippen molar-refractivity contribution in [1.29, 1.82) is 0 Å². The second kappa shape index (κ2) is 82.7. The summed E-state index contributed by atoms with van der Waals surface area (Å²) in [5.74, 6) is -0.799. The van der Waals surface area contributed by atoms with Gasteiger partial charge >= 0.3 is 19.8 Å². The average molecular weight is 1380 g/mol. The van der Waals surface area contributed by atoms with Crippen LogP contribution in [0.4, 0.5) is 0 Å². The van der Waals surface area contributed by atoms with Crippen LogP contribution >= 0.6 is 7.82 Å². The summed E-state index contributed by atoms with van der Waals surface area (Å²) in [5.41, 5.74) is 5.42. The maximum Gasteiger partial charge on any atom is 0.472 e. The molecule has 0 aromatic carbocycles. The van der Waals surface area contributed by atoms with Gasteiger partial charge in [0.2, 0.25) is 0 Å². The molecule has 0 bridgehead atoms. The van der Waals surface area contributed by atoms with E-state index in [1.54, 1.807) is 0 Å². The molecule has 0 heterocycles. The van der Waals surface area contributed by atoms with Crippen molar-refractivity contribution in [3.8, 4) is 0 Å². The van der Waals surface area contributed by atoms with Crippen LogP contribution < -0.4 is 5.73 Å². The molecule has 9 nitrogen and oxygen atoms in total. The molecule has 0 saturated carbocycles. The number of phosphoric ester groups is 1. The Bertz CT molecular complexity index is 1780. The van der Waals surface area contributed by atoms with E-state index in [4.69, 9.17) is 24.3 Å². The summed E-state index contributed by atoms with van der Waals surface area (Å²) >= 11 is 0. The van der Waals surface area contributed by atoms with Crippen molar-refractivity contribution in [2.45, 2.75) is 457 Å². The van der Waals surface area contributed by atoms with E-state index in [0.29, 0.717) is 6.42 Å². The first-order chi connectivity index (χ1) is 47.8. The molecule has 0 aromatic rings. The molecule has 97 heavy (non-hydrogen) atoms. The molecule has 0 spiro atoms. The van der Waals surface area contributed by atoms with Crippen LogP contribution in [0.25, 0.3) is 0 Å². The third-order valence-corrected chi connectivity index (χ3v) is 20.4. The SMILES string of the molecule is CC/C=C\C/C=C\C/C=C\C/C=C\C/C=C\CCCCCCCCCCCCCCCCCCCCCCCCCCCC(=O)OC(COC(=O)CCCCCCCCCCCCCCCCCCCCCCCCCCCCCCCCCCCCC)COP(=O)(O)OCCN. The van der Waals surface area contributed by atoms with E-state index in [-0.39, 0.29) is 38.6 Å². The molecular formula is C87H164NO8P. The highest BCUT2D eigenvalue weighted by Crippen LogP contribution is 2.43. The zero-order valence-electron chi connectivity index (χ0n) is 64.6. The Labute approximate surface area is 603 Å². The van der Waals surface area contributed by atoms with Gasteiger partial charge in [0.1, 0.15) is 6.61 Å². The quantitative estimate of drug-likeness (QED) is 0.0264. The number of hydrogen-bond acceptors (Lipinski definition) is 8. The number of allylic oxidation sites excluding steroid dienone is 10. The minimum atomic E-state index is -4.40. The highest BCUT2D eigenvalue weighted by Gasteiger charge is 2.26. The largest absolute Gasteiger partial charge is 0.472 e. The van der Waals surface area contributed by atoms with E-state index in [0.717, 1.165) is 64.2 Å². The molecule has 0 aliphatic rings. The van der Waals surface area contributed by atoms with Gasteiger partial charge in [0.05, 0.1) is 13.2 Å². The van der Waals surface area contributed by atoms with Crippen LogP contribution in [0.1, 0.15) is 450 Å². The lowest BCUT2D eigenvalue weighted by molar-refractivity contribution is -0.161. The number of rotatable bonds is 82. The topological polar surface area (TPSA) is 134 Å². The van der Waals surface area contributed by atoms with E-state index in [9.17, 15) is 19.0 Å². The van der Waals surface area contributed by atoms with E-state index < -0.39 is 26.5 Å². The van der Waals surface area contributed by atoms with E-state index >= 15 is 0 Å². The van der Waals surface area contributed by atoms with E-state index in [1.165, 1.54) is 353 Å². The molecular weight excluding hydrogens is 1220 g/mol.